The van der Waals surface area contributed by atoms with E-state index >= 15 is 0 Å². The van der Waals surface area contributed by atoms with Crippen LogP contribution >= 0.6 is 11.6 Å². The number of rotatable bonds is 5. The molecule has 1 N–H and O–H groups in total. The molecule has 0 saturated heterocycles. The molecule has 0 spiro atoms. The molecule has 0 aromatic heterocycles. The Morgan fingerprint density at radius 3 is 2.60 bits per heavy atom. The summed E-state index contributed by atoms with van der Waals surface area (Å²) in [6, 6.07) is 10.1. The summed E-state index contributed by atoms with van der Waals surface area (Å²) in [6.07, 6.45) is 0. The molecule has 2 aromatic carbocycles. The van der Waals surface area contributed by atoms with Crippen LogP contribution in [0, 0.1) is 12.7 Å². The van der Waals surface area contributed by atoms with Crippen molar-refractivity contribution in [3.8, 4) is 11.5 Å². The highest BCUT2D eigenvalue weighted by molar-refractivity contribution is 6.32. The van der Waals surface area contributed by atoms with Gasteiger partial charge in [0.2, 0.25) is 0 Å². The predicted molar refractivity (Wildman–Crippen MR) is 80.0 cm³/mol. The van der Waals surface area contributed by atoms with E-state index in [2.05, 4.69) is 5.32 Å². The first-order valence-electron chi connectivity index (χ1n) is 6.53. The zero-order chi connectivity index (χ0) is 14.5. The Labute approximate surface area is 123 Å². The second-order valence-electron chi connectivity index (χ2n) is 4.57. The summed E-state index contributed by atoms with van der Waals surface area (Å²) in [4.78, 5) is 0. The van der Waals surface area contributed by atoms with Crippen LogP contribution in [0.2, 0.25) is 5.02 Å². The van der Waals surface area contributed by atoms with Gasteiger partial charge in [0.25, 0.3) is 0 Å². The molecule has 106 valence electrons. The van der Waals surface area contributed by atoms with Gasteiger partial charge >= 0.3 is 0 Å². The third-order valence-electron chi connectivity index (χ3n) is 2.90. The zero-order valence-corrected chi connectivity index (χ0v) is 12.3. The van der Waals surface area contributed by atoms with Crippen molar-refractivity contribution in [2.24, 2.45) is 0 Å². The Bertz CT molecular complexity index is 601. The van der Waals surface area contributed by atoms with Crippen LogP contribution in [0.1, 0.15) is 18.1 Å². The van der Waals surface area contributed by atoms with Crippen LogP contribution in [0.15, 0.2) is 36.4 Å². The van der Waals surface area contributed by atoms with Crippen LogP contribution in [0.25, 0.3) is 0 Å². The first-order chi connectivity index (χ1) is 9.60. The molecule has 0 heterocycles. The second kappa shape index (κ2) is 6.73. The molecule has 2 aromatic rings. The average molecular weight is 294 g/mol. The topological polar surface area (TPSA) is 21.3 Å². The minimum Gasteiger partial charge on any atom is -0.455 e. The van der Waals surface area contributed by atoms with Gasteiger partial charge in [-0.2, -0.15) is 0 Å². The van der Waals surface area contributed by atoms with Crippen LogP contribution in [-0.4, -0.2) is 6.54 Å². The fraction of sp³-hybridized carbons (Fsp3) is 0.250. The Hall–Kier alpha value is -1.58. The molecular formula is C16H17ClFNO. The summed E-state index contributed by atoms with van der Waals surface area (Å²) < 4.78 is 19.1. The summed E-state index contributed by atoms with van der Waals surface area (Å²) in [5.41, 5.74) is 1.83. The van der Waals surface area contributed by atoms with Crippen LogP contribution in [-0.2, 0) is 6.54 Å². The SMILES string of the molecule is CCNCc1cc(F)ccc1Oc1ccc(C)cc1Cl. The highest BCUT2D eigenvalue weighted by atomic mass is 35.5. The third-order valence-corrected chi connectivity index (χ3v) is 3.19. The minimum absolute atomic E-state index is 0.278. The van der Waals surface area contributed by atoms with Gasteiger partial charge in [0.05, 0.1) is 5.02 Å². The van der Waals surface area contributed by atoms with Crippen molar-refractivity contribution in [2.45, 2.75) is 20.4 Å². The smallest absolute Gasteiger partial charge is 0.146 e. The molecule has 0 radical (unpaired) electrons. The number of hydrogen-bond donors (Lipinski definition) is 1. The van der Waals surface area contributed by atoms with Gasteiger partial charge in [-0.1, -0.05) is 24.6 Å². The Morgan fingerprint density at radius 2 is 1.90 bits per heavy atom. The first kappa shape index (κ1) is 14.8. The number of ether oxygens (including phenoxy) is 1. The molecule has 0 fully saturated rings. The number of hydrogen-bond acceptors (Lipinski definition) is 2. The molecule has 2 rings (SSSR count). The minimum atomic E-state index is -0.278. The highest BCUT2D eigenvalue weighted by Gasteiger charge is 2.09. The van der Waals surface area contributed by atoms with Crippen molar-refractivity contribution in [1.82, 2.24) is 5.32 Å². The van der Waals surface area contributed by atoms with E-state index in [4.69, 9.17) is 16.3 Å². The van der Waals surface area contributed by atoms with E-state index < -0.39 is 0 Å². The number of benzene rings is 2. The van der Waals surface area contributed by atoms with Crippen molar-refractivity contribution in [2.75, 3.05) is 6.54 Å². The molecule has 4 heteroatoms. The normalized spacial score (nSPS) is 10.6. The molecule has 0 aliphatic heterocycles. The van der Waals surface area contributed by atoms with Crippen LogP contribution in [0.4, 0.5) is 4.39 Å². The molecule has 20 heavy (non-hydrogen) atoms. The maximum absolute atomic E-state index is 13.3. The first-order valence-corrected chi connectivity index (χ1v) is 6.91. The van der Waals surface area contributed by atoms with Crippen molar-refractivity contribution < 1.29 is 9.13 Å². The van der Waals surface area contributed by atoms with E-state index in [9.17, 15) is 4.39 Å². The summed E-state index contributed by atoms with van der Waals surface area (Å²) in [6.45, 7) is 5.31. The molecule has 0 bridgehead atoms. The lowest BCUT2D eigenvalue weighted by Crippen LogP contribution is -2.12. The highest BCUT2D eigenvalue weighted by Crippen LogP contribution is 2.32. The number of halogens is 2. The van der Waals surface area contributed by atoms with E-state index in [0.29, 0.717) is 23.1 Å². The quantitative estimate of drug-likeness (QED) is 0.863. The molecule has 2 nitrogen and oxygen atoms in total. The largest absolute Gasteiger partial charge is 0.455 e. The summed E-state index contributed by atoms with van der Waals surface area (Å²) in [7, 11) is 0. The molecule has 0 aliphatic rings. The summed E-state index contributed by atoms with van der Waals surface area (Å²) in [5.74, 6) is 0.903. The van der Waals surface area contributed by atoms with Gasteiger partial charge in [0.15, 0.2) is 0 Å². The van der Waals surface area contributed by atoms with Crippen LogP contribution in [0.3, 0.4) is 0 Å². The van der Waals surface area contributed by atoms with Gasteiger partial charge in [-0.05, 0) is 49.4 Å². The molecule has 0 amide bonds. The Kier molecular flexibility index (Phi) is 4.99. The summed E-state index contributed by atoms with van der Waals surface area (Å²) >= 11 is 6.15. The van der Waals surface area contributed by atoms with E-state index in [1.54, 1.807) is 6.07 Å². The van der Waals surface area contributed by atoms with Gasteiger partial charge in [0.1, 0.15) is 17.3 Å². The van der Waals surface area contributed by atoms with E-state index in [1.165, 1.54) is 12.1 Å². The third kappa shape index (κ3) is 3.71. The molecule has 0 atom stereocenters. The lowest BCUT2D eigenvalue weighted by Gasteiger charge is -2.13. The van der Waals surface area contributed by atoms with Gasteiger partial charge < -0.3 is 10.1 Å². The maximum Gasteiger partial charge on any atom is 0.146 e. The van der Waals surface area contributed by atoms with Crippen molar-refractivity contribution in [3.63, 3.8) is 0 Å². The van der Waals surface area contributed by atoms with Crippen LogP contribution in [0.5, 0.6) is 11.5 Å². The van der Waals surface area contributed by atoms with Crippen LogP contribution < -0.4 is 10.1 Å². The van der Waals surface area contributed by atoms with E-state index in [0.717, 1.165) is 17.7 Å². The monoisotopic (exact) mass is 293 g/mol. The second-order valence-corrected chi connectivity index (χ2v) is 4.98. The standard InChI is InChI=1S/C16H17ClFNO/c1-3-19-10-12-9-13(18)5-7-15(12)20-16-6-4-11(2)8-14(16)17/h4-9,19H,3,10H2,1-2H3. The van der Waals surface area contributed by atoms with Crippen molar-refractivity contribution >= 4 is 11.6 Å². The Morgan fingerprint density at radius 1 is 1.15 bits per heavy atom. The van der Waals surface area contributed by atoms with E-state index in [1.807, 2.05) is 32.0 Å². The van der Waals surface area contributed by atoms with Gasteiger partial charge in [0, 0.05) is 12.1 Å². The average Bonchev–Trinajstić information content (AvgIpc) is 2.41. The number of aryl methyl sites for hydroxylation is 1. The van der Waals surface area contributed by atoms with Gasteiger partial charge in [-0.3, -0.25) is 0 Å². The fourth-order valence-electron chi connectivity index (χ4n) is 1.85. The van der Waals surface area contributed by atoms with Crippen molar-refractivity contribution in [1.29, 1.82) is 0 Å². The molecule has 0 saturated carbocycles. The lowest BCUT2D eigenvalue weighted by molar-refractivity contribution is 0.470. The molecule has 0 unspecified atom stereocenters. The Balaban J connectivity index is 2.27. The zero-order valence-electron chi connectivity index (χ0n) is 11.5. The lowest BCUT2D eigenvalue weighted by atomic mass is 10.2. The molecule has 0 aliphatic carbocycles. The summed E-state index contributed by atoms with van der Waals surface area (Å²) in [5, 5.41) is 3.71. The molecular weight excluding hydrogens is 277 g/mol. The maximum atomic E-state index is 13.3. The van der Waals surface area contributed by atoms with E-state index in [-0.39, 0.29) is 5.82 Å². The predicted octanol–water partition coefficient (Wildman–Crippen LogP) is 4.69. The number of nitrogens with one attached hydrogen (secondary N) is 1. The van der Waals surface area contributed by atoms with Gasteiger partial charge in [-0.25, -0.2) is 4.39 Å². The van der Waals surface area contributed by atoms with Gasteiger partial charge in [-0.15, -0.1) is 0 Å². The van der Waals surface area contributed by atoms with Crippen molar-refractivity contribution in [3.05, 3.63) is 58.4 Å². The fourth-order valence-corrected chi connectivity index (χ4v) is 2.13.